The second-order valence-electron chi connectivity index (χ2n) is 6.07. The van der Waals surface area contributed by atoms with Crippen LogP contribution in [0.3, 0.4) is 0 Å². The van der Waals surface area contributed by atoms with E-state index < -0.39 is 0 Å². The van der Waals surface area contributed by atoms with E-state index in [1.165, 1.54) is 24.0 Å². The highest BCUT2D eigenvalue weighted by Gasteiger charge is 2.23. The Hall–Kier alpha value is -1.60. The van der Waals surface area contributed by atoms with Crippen LogP contribution in [0.2, 0.25) is 0 Å². The van der Waals surface area contributed by atoms with Crippen molar-refractivity contribution in [2.45, 2.75) is 52.1 Å². The monoisotopic (exact) mass is 279 g/mol. The summed E-state index contributed by atoms with van der Waals surface area (Å²) in [6.07, 6.45) is 4.67. The first-order valence-electron chi connectivity index (χ1n) is 8.21. The molecule has 3 rings (SSSR count). The molecule has 110 valence electrons. The highest BCUT2D eigenvalue weighted by molar-refractivity contribution is 5.43. The molecule has 0 saturated carbocycles. The Morgan fingerprint density at radius 3 is 2.48 bits per heavy atom. The second kappa shape index (κ2) is 6.44. The average molecular weight is 279 g/mol. The first-order valence-corrected chi connectivity index (χ1v) is 8.21. The van der Waals surface area contributed by atoms with Crippen LogP contribution >= 0.6 is 0 Å². The lowest BCUT2D eigenvalue weighted by Crippen LogP contribution is -2.28. The van der Waals surface area contributed by atoms with E-state index in [1.807, 2.05) is 0 Å². The van der Waals surface area contributed by atoms with Crippen molar-refractivity contribution in [2.75, 3.05) is 0 Å². The fourth-order valence-corrected chi connectivity index (χ4v) is 3.42. The zero-order chi connectivity index (χ0) is 14.7. The summed E-state index contributed by atoms with van der Waals surface area (Å²) in [5, 5.41) is 3.73. The molecule has 1 atom stereocenters. The highest BCUT2D eigenvalue weighted by Crippen LogP contribution is 2.28. The van der Waals surface area contributed by atoms with Crippen molar-refractivity contribution in [3.8, 4) is 0 Å². The molecule has 1 aliphatic carbocycles. The minimum Gasteiger partial charge on any atom is -0.309 e. The summed E-state index contributed by atoms with van der Waals surface area (Å²) in [7, 11) is 0. The van der Waals surface area contributed by atoms with Crippen LogP contribution in [0.15, 0.2) is 42.5 Å². The Morgan fingerprint density at radius 2 is 1.76 bits per heavy atom. The van der Waals surface area contributed by atoms with Crippen LogP contribution in [0, 0.1) is 0 Å². The van der Waals surface area contributed by atoms with Gasteiger partial charge in [-0.05, 0) is 53.5 Å². The third-order valence-corrected chi connectivity index (χ3v) is 4.64. The molecule has 0 spiro atoms. The molecule has 0 heterocycles. The van der Waals surface area contributed by atoms with Gasteiger partial charge in [-0.2, -0.15) is 0 Å². The van der Waals surface area contributed by atoms with Crippen molar-refractivity contribution in [2.24, 2.45) is 0 Å². The van der Waals surface area contributed by atoms with Gasteiger partial charge in [-0.1, -0.05) is 56.3 Å². The fourth-order valence-electron chi connectivity index (χ4n) is 3.42. The third-order valence-electron chi connectivity index (χ3n) is 4.64. The van der Waals surface area contributed by atoms with Gasteiger partial charge in [0.2, 0.25) is 0 Å². The summed E-state index contributed by atoms with van der Waals surface area (Å²) in [6.45, 7) is 5.50. The number of fused-ring (bicyclic) bond motifs is 1. The zero-order valence-corrected chi connectivity index (χ0v) is 13.2. The molecular formula is C20H25N. The van der Waals surface area contributed by atoms with Crippen LogP contribution in [0.25, 0.3) is 0 Å². The minimum atomic E-state index is 0.595. The molecule has 0 aliphatic heterocycles. The first-order chi connectivity index (χ1) is 10.3. The molecular weight excluding hydrogens is 254 g/mol. The van der Waals surface area contributed by atoms with Crippen molar-refractivity contribution in [3.63, 3.8) is 0 Å². The molecule has 2 aromatic carbocycles. The van der Waals surface area contributed by atoms with Crippen LogP contribution < -0.4 is 5.32 Å². The maximum atomic E-state index is 3.73. The quantitative estimate of drug-likeness (QED) is 0.870. The van der Waals surface area contributed by atoms with Gasteiger partial charge in [-0.15, -0.1) is 0 Å². The first kappa shape index (κ1) is 14.3. The number of hydrogen-bond donors (Lipinski definition) is 1. The van der Waals surface area contributed by atoms with Gasteiger partial charge in [-0.3, -0.25) is 0 Å². The SMILES string of the molecule is CCc1cc(CC)c2c(c1)CC(NCc1ccccc1)C2. The topological polar surface area (TPSA) is 12.0 Å². The van der Waals surface area contributed by atoms with Crippen molar-refractivity contribution >= 4 is 0 Å². The summed E-state index contributed by atoms with van der Waals surface area (Å²) < 4.78 is 0. The summed E-state index contributed by atoms with van der Waals surface area (Å²) in [4.78, 5) is 0. The van der Waals surface area contributed by atoms with Gasteiger partial charge in [0.05, 0.1) is 0 Å². The standard InChI is InChI=1S/C20H25N/c1-3-15-10-17(4-2)20-13-19(12-18(20)11-15)21-14-16-8-6-5-7-9-16/h5-11,19,21H,3-4,12-14H2,1-2H3. The highest BCUT2D eigenvalue weighted by atomic mass is 14.9. The van der Waals surface area contributed by atoms with Crippen LogP contribution in [0.4, 0.5) is 0 Å². The van der Waals surface area contributed by atoms with Crippen molar-refractivity contribution in [1.29, 1.82) is 0 Å². The predicted octanol–water partition coefficient (Wildman–Crippen LogP) is 4.07. The van der Waals surface area contributed by atoms with Crippen molar-refractivity contribution in [1.82, 2.24) is 5.32 Å². The van der Waals surface area contributed by atoms with Crippen molar-refractivity contribution in [3.05, 3.63) is 70.3 Å². The molecule has 0 fully saturated rings. The van der Waals surface area contributed by atoms with E-state index >= 15 is 0 Å². The summed E-state index contributed by atoms with van der Waals surface area (Å²) in [5.41, 5.74) is 7.62. The average Bonchev–Trinajstić information content (AvgIpc) is 2.95. The lowest BCUT2D eigenvalue weighted by Gasteiger charge is -2.12. The van der Waals surface area contributed by atoms with E-state index in [4.69, 9.17) is 0 Å². The molecule has 1 heteroatoms. The number of rotatable bonds is 5. The Kier molecular flexibility index (Phi) is 4.40. The molecule has 0 aromatic heterocycles. The molecule has 1 N–H and O–H groups in total. The normalized spacial score (nSPS) is 17.0. The van der Waals surface area contributed by atoms with Gasteiger partial charge in [-0.25, -0.2) is 0 Å². The molecule has 21 heavy (non-hydrogen) atoms. The van der Waals surface area contributed by atoms with Gasteiger partial charge >= 0.3 is 0 Å². The van der Waals surface area contributed by atoms with Gasteiger partial charge < -0.3 is 5.32 Å². The number of aryl methyl sites for hydroxylation is 2. The van der Waals surface area contributed by atoms with Crippen molar-refractivity contribution < 1.29 is 0 Å². The predicted molar refractivity (Wildman–Crippen MR) is 89.7 cm³/mol. The molecule has 0 radical (unpaired) electrons. The molecule has 0 bridgehead atoms. The molecule has 1 nitrogen and oxygen atoms in total. The third kappa shape index (κ3) is 3.19. The van der Waals surface area contributed by atoms with E-state index in [2.05, 4.69) is 61.6 Å². The molecule has 0 saturated heterocycles. The smallest absolute Gasteiger partial charge is 0.0208 e. The lowest BCUT2D eigenvalue weighted by molar-refractivity contribution is 0.532. The Balaban J connectivity index is 1.69. The molecule has 0 amide bonds. The fraction of sp³-hybridized carbons (Fsp3) is 0.400. The molecule has 1 unspecified atom stereocenters. The van der Waals surface area contributed by atoms with E-state index in [0.29, 0.717) is 6.04 Å². The summed E-state index contributed by atoms with van der Waals surface area (Å²) in [5.74, 6) is 0. The largest absolute Gasteiger partial charge is 0.309 e. The number of nitrogens with one attached hydrogen (secondary N) is 1. The van der Waals surface area contributed by atoms with Gasteiger partial charge in [0.15, 0.2) is 0 Å². The molecule has 1 aliphatic rings. The maximum absolute atomic E-state index is 3.73. The summed E-state index contributed by atoms with van der Waals surface area (Å²) in [6, 6.07) is 16.1. The minimum absolute atomic E-state index is 0.595. The van der Waals surface area contributed by atoms with E-state index in [-0.39, 0.29) is 0 Å². The van der Waals surface area contributed by atoms with Crippen LogP contribution in [-0.2, 0) is 32.2 Å². The van der Waals surface area contributed by atoms with E-state index in [1.54, 1.807) is 16.7 Å². The number of hydrogen-bond acceptors (Lipinski definition) is 1. The summed E-state index contributed by atoms with van der Waals surface area (Å²) >= 11 is 0. The van der Waals surface area contributed by atoms with Crippen LogP contribution in [0.5, 0.6) is 0 Å². The Labute approximate surface area is 128 Å². The van der Waals surface area contributed by atoms with Gasteiger partial charge in [0.25, 0.3) is 0 Å². The van der Waals surface area contributed by atoms with Gasteiger partial charge in [0.1, 0.15) is 0 Å². The maximum Gasteiger partial charge on any atom is 0.0208 e. The zero-order valence-electron chi connectivity index (χ0n) is 13.2. The van der Waals surface area contributed by atoms with Crippen LogP contribution in [-0.4, -0.2) is 6.04 Å². The van der Waals surface area contributed by atoms with E-state index in [9.17, 15) is 0 Å². The van der Waals surface area contributed by atoms with Gasteiger partial charge in [0, 0.05) is 12.6 Å². The second-order valence-corrected chi connectivity index (χ2v) is 6.07. The Bertz CT molecular complexity index is 601. The number of benzene rings is 2. The van der Waals surface area contributed by atoms with Crippen LogP contribution in [0.1, 0.15) is 41.7 Å². The lowest BCUT2D eigenvalue weighted by atomic mass is 9.97. The Morgan fingerprint density at radius 1 is 0.952 bits per heavy atom. The van der Waals surface area contributed by atoms with E-state index in [0.717, 1.165) is 19.4 Å². The molecule has 2 aromatic rings.